The Hall–Kier alpha value is -2.66. The Labute approximate surface area is 183 Å². The highest BCUT2D eigenvalue weighted by molar-refractivity contribution is 7.89. The fraction of sp³-hybridized carbons (Fsp3) is 0.429. The molecule has 0 spiro atoms. The van der Waals surface area contributed by atoms with Crippen molar-refractivity contribution in [2.45, 2.75) is 44.3 Å². The highest BCUT2D eigenvalue weighted by atomic mass is 32.2. The van der Waals surface area contributed by atoms with Crippen molar-refractivity contribution < 1.29 is 35.9 Å². The maximum absolute atomic E-state index is 12.7. The fourth-order valence-corrected chi connectivity index (χ4v) is 5.22. The zero-order valence-electron chi connectivity index (χ0n) is 17.6. The number of carbonyl (C=O) groups excluding carboxylic acids is 2. The zero-order chi connectivity index (χ0) is 23.7. The number of ketones is 1. The number of halogens is 3. The smallest absolute Gasteiger partial charge is 0.406 e. The Kier molecular flexibility index (Phi) is 6.80. The summed E-state index contributed by atoms with van der Waals surface area (Å²) in [7, 11) is -3.73. The topological polar surface area (TPSA) is 85.7 Å². The molecule has 7 nitrogen and oxygen atoms in total. The number of rotatable bonds is 7. The van der Waals surface area contributed by atoms with Gasteiger partial charge in [0.1, 0.15) is 6.54 Å². The first kappa shape index (κ1) is 24.0. The summed E-state index contributed by atoms with van der Waals surface area (Å²) in [5, 5.41) is 0. The quantitative estimate of drug-likeness (QED) is 0.455. The maximum Gasteiger partial charge on any atom is 0.406 e. The molecule has 2 aromatic rings. The van der Waals surface area contributed by atoms with Gasteiger partial charge in [-0.15, -0.1) is 0 Å². The molecule has 11 heteroatoms. The summed E-state index contributed by atoms with van der Waals surface area (Å²) in [5.74, 6) is -1.55. The number of nitrogens with zero attached hydrogens (tertiary/aromatic N) is 2. The van der Waals surface area contributed by atoms with Gasteiger partial charge in [0.25, 0.3) is 0 Å². The molecule has 0 bridgehead atoms. The van der Waals surface area contributed by atoms with Crippen molar-refractivity contribution in [3.8, 4) is 0 Å². The number of Topliss-reactive ketones (excluding diaryl/α,β-unsaturated/α-hetero) is 1. The van der Waals surface area contributed by atoms with Crippen LogP contribution in [0.4, 0.5) is 13.2 Å². The van der Waals surface area contributed by atoms with E-state index in [1.54, 1.807) is 0 Å². The molecule has 1 aliphatic rings. The second-order valence-corrected chi connectivity index (χ2v) is 9.56. The van der Waals surface area contributed by atoms with Crippen molar-refractivity contribution in [1.82, 2.24) is 8.87 Å². The average molecular weight is 472 g/mol. The van der Waals surface area contributed by atoms with E-state index in [0.717, 1.165) is 17.4 Å². The van der Waals surface area contributed by atoms with E-state index in [4.69, 9.17) is 4.74 Å². The Bertz CT molecular complexity index is 1130. The van der Waals surface area contributed by atoms with Crippen molar-refractivity contribution in [2.24, 2.45) is 0 Å². The molecule has 0 N–H and O–H groups in total. The molecule has 1 saturated heterocycles. The Morgan fingerprint density at radius 2 is 1.75 bits per heavy atom. The Morgan fingerprint density at radius 3 is 2.38 bits per heavy atom. The van der Waals surface area contributed by atoms with Crippen LogP contribution >= 0.6 is 0 Å². The van der Waals surface area contributed by atoms with Crippen LogP contribution < -0.4 is 0 Å². The fourth-order valence-electron chi connectivity index (χ4n) is 3.66. The molecule has 1 fully saturated rings. The number of aryl methyl sites for hydroxylation is 1. The van der Waals surface area contributed by atoms with Crippen LogP contribution in [0.25, 0.3) is 0 Å². The van der Waals surface area contributed by atoms with Crippen LogP contribution in [0.5, 0.6) is 0 Å². The van der Waals surface area contributed by atoms with E-state index < -0.39 is 41.1 Å². The molecule has 1 aromatic heterocycles. The summed E-state index contributed by atoms with van der Waals surface area (Å²) in [5.41, 5.74) is 0.374. The lowest BCUT2D eigenvalue weighted by Gasteiger charge is -2.15. The van der Waals surface area contributed by atoms with Crippen molar-refractivity contribution in [3.63, 3.8) is 0 Å². The Balaban J connectivity index is 1.70. The number of aromatic nitrogens is 1. The van der Waals surface area contributed by atoms with E-state index in [9.17, 15) is 31.2 Å². The van der Waals surface area contributed by atoms with Crippen LogP contribution in [0.3, 0.4) is 0 Å². The molecule has 0 unspecified atom stereocenters. The normalized spacial score (nSPS) is 15.2. The van der Waals surface area contributed by atoms with Gasteiger partial charge < -0.3 is 9.30 Å². The molecule has 32 heavy (non-hydrogen) atoms. The summed E-state index contributed by atoms with van der Waals surface area (Å²) < 4.78 is 70.9. The molecule has 0 saturated carbocycles. The number of hydrogen-bond acceptors (Lipinski definition) is 5. The van der Waals surface area contributed by atoms with E-state index in [0.29, 0.717) is 13.1 Å². The largest absolute Gasteiger partial charge is 0.454 e. The van der Waals surface area contributed by atoms with Crippen LogP contribution in [0, 0.1) is 13.8 Å². The van der Waals surface area contributed by atoms with Gasteiger partial charge in [0, 0.05) is 30.0 Å². The summed E-state index contributed by atoms with van der Waals surface area (Å²) >= 11 is 0. The molecular weight excluding hydrogens is 449 g/mol. The van der Waals surface area contributed by atoms with Gasteiger partial charge in [-0.1, -0.05) is 6.07 Å². The third-order valence-corrected chi connectivity index (χ3v) is 7.21. The number of benzene rings is 1. The van der Waals surface area contributed by atoms with E-state index in [1.807, 2.05) is 0 Å². The maximum atomic E-state index is 12.7. The van der Waals surface area contributed by atoms with Gasteiger partial charge in [0.2, 0.25) is 15.8 Å². The molecule has 1 aliphatic heterocycles. The molecule has 0 atom stereocenters. The highest BCUT2D eigenvalue weighted by Gasteiger charge is 2.31. The van der Waals surface area contributed by atoms with Crippen molar-refractivity contribution >= 4 is 21.8 Å². The number of hydrogen-bond donors (Lipinski definition) is 0. The first-order valence-corrected chi connectivity index (χ1v) is 11.4. The first-order chi connectivity index (χ1) is 14.9. The molecule has 2 heterocycles. The van der Waals surface area contributed by atoms with Gasteiger partial charge in [-0.2, -0.15) is 17.5 Å². The number of carbonyl (C=O) groups is 2. The van der Waals surface area contributed by atoms with Crippen LogP contribution in [0.15, 0.2) is 35.2 Å². The van der Waals surface area contributed by atoms with Crippen molar-refractivity contribution in [2.75, 3.05) is 19.7 Å². The van der Waals surface area contributed by atoms with Gasteiger partial charge in [0.15, 0.2) is 6.61 Å². The van der Waals surface area contributed by atoms with E-state index in [1.165, 1.54) is 48.5 Å². The number of alkyl halides is 3. The molecule has 0 radical (unpaired) electrons. The van der Waals surface area contributed by atoms with Gasteiger partial charge in [-0.25, -0.2) is 13.2 Å². The molecule has 0 aliphatic carbocycles. The van der Waals surface area contributed by atoms with Gasteiger partial charge in [-0.05, 0) is 51.0 Å². The summed E-state index contributed by atoms with van der Waals surface area (Å²) in [6.07, 6.45) is -2.90. The van der Waals surface area contributed by atoms with Crippen LogP contribution in [0.2, 0.25) is 0 Å². The van der Waals surface area contributed by atoms with Crippen LogP contribution in [-0.2, 0) is 21.3 Å². The van der Waals surface area contributed by atoms with Crippen LogP contribution in [-0.4, -0.2) is 54.9 Å². The van der Waals surface area contributed by atoms with Gasteiger partial charge in [-0.3, -0.25) is 4.79 Å². The monoisotopic (exact) mass is 472 g/mol. The second-order valence-electron chi connectivity index (χ2n) is 7.62. The van der Waals surface area contributed by atoms with Crippen molar-refractivity contribution in [1.29, 1.82) is 0 Å². The summed E-state index contributed by atoms with van der Waals surface area (Å²) in [6.45, 7) is 1.76. The minimum atomic E-state index is -4.44. The predicted octanol–water partition coefficient (Wildman–Crippen LogP) is 3.49. The SMILES string of the molecule is Cc1cc(C(=O)COC(=O)c2cccc(S(=O)(=O)N3CCCC3)c2)c(C)n1CC(F)(F)F. The number of sulfonamides is 1. The van der Waals surface area contributed by atoms with Gasteiger partial charge in [0.05, 0.1) is 10.5 Å². The predicted molar refractivity (Wildman–Crippen MR) is 109 cm³/mol. The summed E-state index contributed by atoms with van der Waals surface area (Å²) in [4.78, 5) is 24.8. The lowest BCUT2D eigenvalue weighted by Crippen LogP contribution is -2.28. The number of esters is 1. The van der Waals surface area contributed by atoms with Gasteiger partial charge >= 0.3 is 12.1 Å². The molecule has 3 rings (SSSR count). The Morgan fingerprint density at radius 1 is 1.09 bits per heavy atom. The lowest BCUT2D eigenvalue weighted by atomic mass is 10.1. The third-order valence-electron chi connectivity index (χ3n) is 5.32. The lowest BCUT2D eigenvalue weighted by molar-refractivity contribution is -0.141. The highest BCUT2D eigenvalue weighted by Crippen LogP contribution is 2.24. The first-order valence-electron chi connectivity index (χ1n) is 9.94. The van der Waals surface area contributed by atoms with E-state index in [2.05, 4.69) is 0 Å². The standard InChI is InChI=1S/C21H23F3N2O5S/c1-14-10-18(15(2)26(14)13-21(22,23)24)19(27)12-31-20(28)16-6-5-7-17(11-16)32(29,30)25-8-3-4-9-25/h5-7,10-11H,3-4,8-9,12-13H2,1-2H3. The minimum absolute atomic E-state index is 0.0323. The molecule has 174 valence electrons. The average Bonchev–Trinajstić information content (AvgIpc) is 3.36. The number of ether oxygens (including phenoxy) is 1. The van der Waals surface area contributed by atoms with Crippen molar-refractivity contribution in [3.05, 3.63) is 52.8 Å². The molecule has 1 aromatic carbocycles. The van der Waals surface area contributed by atoms with E-state index in [-0.39, 0.29) is 27.4 Å². The van der Waals surface area contributed by atoms with E-state index >= 15 is 0 Å². The minimum Gasteiger partial charge on any atom is -0.454 e. The zero-order valence-corrected chi connectivity index (χ0v) is 18.4. The van der Waals surface area contributed by atoms with Crippen LogP contribution in [0.1, 0.15) is 44.9 Å². The summed E-state index contributed by atoms with van der Waals surface area (Å²) in [6, 6.07) is 6.67. The molecule has 0 amide bonds. The third kappa shape index (κ3) is 5.21. The second kappa shape index (κ2) is 9.07. The molecular formula is C21H23F3N2O5S.